The van der Waals surface area contributed by atoms with Crippen LogP contribution in [0.4, 0.5) is 0 Å². The van der Waals surface area contributed by atoms with E-state index in [2.05, 4.69) is 38.4 Å². The van der Waals surface area contributed by atoms with Crippen LogP contribution < -0.4 is 10.7 Å². The second kappa shape index (κ2) is 9.00. The average Bonchev–Trinajstić information content (AvgIpc) is 2.57. The van der Waals surface area contributed by atoms with E-state index in [9.17, 15) is 9.59 Å². The van der Waals surface area contributed by atoms with E-state index in [1.165, 1.54) is 6.21 Å². The van der Waals surface area contributed by atoms with Crippen molar-refractivity contribution in [3.63, 3.8) is 0 Å². The van der Waals surface area contributed by atoms with Gasteiger partial charge in [-0.25, -0.2) is 5.43 Å². The first-order valence-corrected chi connectivity index (χ1v) is 8.61. The molecule has 8 heteroatoms. The van der Waals surface area contributed by atoms with Crippen molar-refractivity contribution >= 4 is 63.8 Å². The van der Waals surface area contributed by atoms with Crippen LogP contribution in [0.15, 0.2) is 47.6 Å². The zero-order valence-corrected chi connectivity index (χ0v) is 15.9. The van der Waals surface area contributed by atoms with E-state index in [-0.39, 0.29) is 12.5 Å². The second-order valence-electron chi connectivity index (χ2n) is 4.60. The summed E-state index contributed by atoms with van der Waals surface area (Å²) in [5, 5.41) is 7.07. The van der Waals surface area contributed by atoms with Gasteiger partial charge in [-0.3, -0.25) is 9.59 Å². The summed E-state index contributed by atoms with van der Waals surface area (Å²) in [6.07, 6.45) is 1.38. The van der Waals surface area contributed by atoms with E-state index in [0.717, 1.165) is 3.57 Å². The molecule has 5 nitrogen and oxygen atoms in total. The van der Waals surface area contributed by atoms with Crippen LogP contribution in [0.3, 0.4) is 0 Å². The number of nitrogens with one attached hydrogen (secondary N) is 2. The lowest BCUT2D eigenvalue weighted by Gasteiger charge is -2.06. The van der Waals surface area contributed by atoms with E-state index >= 15 is 0 Å². The van der Waals surface area contributed by atoms with Gasteiger partial charge in [-0.2, -0.15) is 5.10 Å². The summed E-state index contributed by atoms with van der Waals surface area (Å²) in [7, 11) is 0. The summed E-state index contributed by atoms with van der Waals surface area (Å²) in [6.45, 7) is -0.190. The van der Waals surface area contributed by atoms with Crippen molar-refractivity contribution in [2.24, 2.45) is 5.10 Å². The van der Waals surface area contributed by atoms with Crippen LogP contribution in [-0.4, -0.2) is 24.6 Å². The highest BCUT2D eigenvalue weighted by molar-refractivity contribution is 14.1. The maximum absolute atomic E-state index is 12.0. The maximum Gasteiger partial charge on any atom is 0.259 e. The minimum Gasteiger partial charge on any atom is -0.343 e. The summed E-state index contributed by atoms with van der Waals surface area (Å²) in [4.78, 5) is 23.7. The predicted molar refractivity (Wildman–Crippen MR) is 104 cm³/mol. The van der Waals surface area contributed by atoms with E-state index < -0.39 is 5.91 Å². The summed E-state index contributed by atoms with van der Waals surface area (Å²) in [6, 6.07) is 12.2. The minimum absolute atomic E-state index is 0.190. The van der Waals surface area contributed by atoms with Crippen molar-refractivity contribution in [3.8, 4) is 0 Å². The number of halogens is 3. The van der Waals surface area contributed by atoms with E-state index in [1.807, 2.05) is 12.1 Å². The Labute approximate surface area is 162 Å². The summed E-state index contributed by atoms with van der Waals surface area (Å²) in [5.74, 6) is -0.777. The van der Waals surface area contributed by atoms with Gasteiger partial charge in [0.25, 0.3) is 11.8 Å². The summed E-state index contributed by atoms with van der Waals surface area (Å²) < 4.78 is 0.807. The van der Waals surface area contributed by atoms with Gasteiger partial charge >= 0.3 is 0 Å². The Morgan fingerprint density at radius 2 is 1.88 bits per heavy atom. The van der Waals surface area contributed by atoms with Gasteiger partial charge in [0.1, 0.15) is 0 Å². The van der Waals surface area contributed by atoms with Crippen molar-refractivity contribution in [1.82, 2.24) is 10.7 Å². The van der Waals surface area contributed by atoms with Crippen LogP contribution in [-0.2, 0) is 4.79 Å². The van der Waals surface area contributed by atoms with E-state index in [1.54, 1.807) is 30.3 Å². The molecule has 124 valence electrons. The smallest absolute Gasteiger partial charge is 0.259 e. The van der Waals surface area contributed by atoms with Gasteiger partial charge in [0, 0.05) is 9.13 Å². The van der Waals surface area contributed by atoms with Gasteiger partial charge in [0.15, 0.2) is 0 Å². The number of carbonyl (C=O) groups is 2. The number of carbonyl (C=O) groups excluding carboxylic acids is 2. The Hall–Kier alpha value is -1.64. The van der Waals surface area contributed by atoms with Crippen molar-refractivity contribution < 1.29 is 9.59 Å². The molecule has 0 heterocycles. The molecule has 2 rings (SSSR count). The monoisotopic (exact) mass is 475 g/mol. The van der Waals surface area contributed by atoms with Crippen molar-refractivity contribution in [2.45, 2.75) is 0 Å². The second-order valence-corrected chi connectivity index (χ2v) is 6.55. The highest BCUT2D eigenvalue weighted by Crippen LogP contribution is 2.24. The van der Waals surface area contributed by atoms with Crippen LogP contribution in [0, 0.1) is 3.57 Å². The fourth-order valence-corrected chi connectivity index (χ4v) is 2.72. The van der Waals surface area contributed by atoms with Crippen LogP contribution in [0.5, 0.6) is 0 Å². The molecule has 0 spiro atoms. The molecular weight excluding hydrogens is 464 g/mol. The molecule has 0 saturated carbocycles. The Bertz CT molecular complexity index is 797. The molecule has 0 fully saturated rings. The number of hydrazone groups is 1. The largest absolute Gasteiger partial charge is 0.343 e. The fraction of sp³-hybridized carbons (Fsp3) is 0.0625. The molecule has 0 aromatic heterocycles. The van der Waals surface area contributed by atoms with Crippen LogP contribution in [0.1, 0.15) is 15.9 Å². The predicted octanol–water partition coefficient (Wildman–Crippen LogP) is 3.48. The molecule has 2 aromatic rings. The number of hydrogen-bond donors (Lipinski definition) is 2. The van der Waals surface area contributed by atoms with Crippen LogP contribution in [0.25, 0.3) is 0 Å². The molecule has 0 unspecified atom stereocenters. The number of rotatable bonds is 5. The third-order valence-corrected chi connectivity index (χ3v) is 4.68. The van der Waals surface area contributed by atoms with Crippen LogP contribution in [0.2, 0.25) is 10.0 Å². The quantitative estimate of drug-likeness (QED) is 0.395. The zero-order valence-electron chi connectivity index (χ0n) is 12.2. The van der Waals surface area contributed by atoms with Gasteiger partial charge in [-0.1, -0.05) is 47.5 Å². The van der Waals surface area contributed by atoms with Gasteiger partial charge in [0.05, 0.1) is 28.4 Å². The summed E-state index contributed by atoms with van der Waals surface area (Å²) in [5.41, 5.74) is 3.40. The van der Waals surface area contributed by atoms with Crippen LogP contribution >= 0.6 is 45.8 Å². The van der Waals surface area contributed by atoms with Gasteiger partial charge in [-0.15, -0.1) is 0 Å². The van der Waals surface area contributed by atoms with Crippen molar-refractivity contribution in [2.75, 3.05) is 6.54 Å². The van der Waals surface area contributed by atoms with Crippen molar-refractivity contribution in [1.29, 1.82) is 0 Å². The first-order chi connectivity index (χ1) is 11.5. The Kier molecular flexibility index (Phi) is 7.01. The molecule has 2 aromatic carbocycles. The molecule has 0 radical (unpaired) electrons. The molecule has 0 aliphatic heterocycles. The minimum atomic E-state index is -0.455. The zero-order chi connectivity index (χ0) is 17.5. The normalized spacial score (nSPS) is 10.6. The molecule has 0 aliphatic rings. The summed E-state index contributed by atoms with van der Waals surface area (Å²) >= 11 is 13.9. The molecule has 2 amide bonds. The van der Waals surface area contributed by atoms with Gasteiger partial charge in [-0.05, 0) is 40.8 Å². The number of hydrogen-bond acceptors (Lipinski definition) is 3. The molecule has 0 bridgehead atoms. The highest BCUT2D eigenvalue weighted by atomic mass is 127. The molecule has 2 N–H and O–H groups in total. The lowest BCUT2D eigenvalue weighted by atomic mass is 10.2. The SMILES string of the molecule is O=C(CNC(=O)c1ccccc1I)NN=Cc1cccc(Cl)c1Cl. The third-order valence-electron chi connectivity index (χ3n) is 2.90. The van der Waals surface area contributed by atoms with Crippen molar-refractivity contribution in [3.05, 3.63) is 67.2 Å². The standard InChI is InChI=1S/C16H12Cl2IN3O2/c17-12-6-3-4-10(15(12)18)8-21-22-14(23)9-20-16(24)11-5-1-2-7-13(11)19/h1-8H,9H2,(H,20,24)(H,22,23). The average molecular weight is 476 g/mol. The third kappa shape index (κ3) is 5.19. The molecule has 0 saturated heterocycles. The lowest BCUT2D eigenvalue weighted by molar-refractivity contribution is -0.120. The van der Waals surface area contributed by atoms with E-state index in [4.69, 9.17) is 23.2 Å². The maximum atomic E-state index is 12.0. The molecule has 0 aliphatic carbocycles. The highest BCUT2D eigenvalue weighted by Gasteiger charge is 2.10. The van der Waals surface area contributed by atoms with Gasteiger partial charge < -0.3 is 5.32 Å². The fourth-order valence-electron chi connectivity index (χ4n) is 1.73. The Morgan fingerprint density at radius 1 is 1.12 bits per heavy atom. The molecule has 24 heavy (non-hydrogen) atoms. The van der Waals surface area contributed by atoms with E-state index in [0.29, 0.717) is 21.2 Å². The topological polar surface area (TPSA) is 70.6 Å². The first kappa shape index (κ1) is 18.7. The van der Waals surface area contributed by atoms with Gasteiger partial charge in [0.2, 0.25) is 0 Å². The Morgan fingerprint density at radius 3 is 2.62 bits per heavy atom. The number of amides is 2. The molecule has 0 atom stereocenters. The molecular formula is C16H12Cl2IN3O2. The first-order valence-electron chi connectivity index (χ1n) is 6.77. The Balaban J connectivity index is 1.86. The number of benzene rings is 2. The lowest BCUT2D eigenvalue weighted by Crippen LogP contribution is -2.35. The number of nitrogens with zero attached hydrogens (tertiary/aromatic N) is 1.